The molecule has 2 aliphatic heterocycles. The summed E-state index contributed by atoms with van der Waals surface area (Å²) in [5, 5.41) is 2.83. The number of carbonyl (C=O) groups is 1. The van der Waals surface area contributed by atoms with Crippen molar-refractivity contribution in [2.45, 2.75) is 38.1 Å². The van der Waals surface area contributed by atoms with E-state index in [-0.39, 0.29) is 41.9 Å². The van der Waals surface area contributed by atoms with E-state index in [4.69, 9.17) is 0 Å². The van der Waals surface area contributed by atoms with Crippen molar-refractivity contribution in [3.63, 3.8) is 0 Å². The number of nitrogens with zero attached hydrogens (tertiary/aromatic N) is 2. The van der Waals surface area contributed by atoms with Gasteiger partial charge in [-0.1, -0.05) is 0 Å². The van der Waals surface area contributed by atoms with Gasteiger partial charge in [-0.2, -0.15) is 0 Å². The van der Waals surface area contributed by atoms with Crippen LogP contribution in [0.3, 0.4) is 0 Å². The van der Waals surface area contributed by atoms with E-state index in [0.717, 1.165) is 55.8 Å². The van der Waals surface area contributed by atoms with Crippen LogP contribution in [-0.2, 0) is 4.79 Å². The van der Waals surface area contributed by atoms with Crippen molar-refractivity contribution in [3.8, 4) is 0 Å². The maximum absolute atomic E-state index is 14.0. The van der Waals surface area contributed by atoms with E-state index in [9.17, 15) is 13.6 Å². The molecule has 1 amide bonds. The van der Waals surface area contributed by atoms with Gasteiger partial charge in [-0.3, -0.25) is 4.79 Å². The van der Waals surface area contributed by atoms with Crippen LogP contribution < -0.4 is 10.2 Å². The van der Waals surface area contributed by atoms with E-state index in [1.165, 1.54) is 25.1 Å². The fourth-order valence-corrected chi connectivity index (χ4v) is 4.70. The molecule has 1 fully saturated rings. The molecule has 0 bridgehead atoms. The zero-order valence-electron chi connectivity index (χ0n) is 17.1. The smallest absolute Gasteiger partial charge is 0.216 e. The number of unbranched alkanes of at least 4 members (excludes halogenated alkanes) is 1. The number of piperidine rings is 1. The highest BCUT2D eigenvalue weighted by Crippen LogP contribution is 2.48. The molecule has 2 aromatic rings. The lowest BCUT2D eigenvalue weighted by Gasteiger charge is -2.39. The molecule has 0 radical (unpaired) electrons. The normalized spacial score (nSPS) is 20.3. The summed E-state index contributed by atoms with van der Waals surface area (Å²) >= 11 is 0. The van der Waals surface area contributed by atoms with Crippen molar-refractivity contribution in [1.29, 1.82) is 0 Å². The quantitative estimate of drug-likeness (QED) is 0.673. The Kier molecular flexibility index (Phi) is 7.32. The van der Waals surface area contributed by atoms with Crippen molar-refractivity contribution in [1.82, 2.24) is 10.2 Å². The Labute approximate surface area is 182 Å². The number of rotatable bonds is 6. The van der Waals surface area contributed by atoms with E-state index in [0.29, 0.717) is 6.54 Å². The number of fused-ring (bicyclic) bond motifs is 3. The van der Waals surface area contributed by atoms with Crippen LogP contribution in [0.1, 0.15) is 37.7 Å². The average molecular weight is 436 g/mol. The summed E-state index contributed by atoms with van der Waals surface area (Å²) in [4.78, 5) is 15.7. The topological polar surface area (TPSA) is 35.6 Å². The van der Waals surface area contributed by atoms with Gasteiger partial charge in [-0.25, -0.2) is 8.78 Å². The average Bonchev–Trinajstić information content (AvgIpc) is 3.01. The molecule has 7 heteroatoms. The van der Waals surface area contributed by atoms with Crippen LogP contribution in [0.5, 0.6) is 0 Å². The Morgan fingerprint density at radius 1 is 1.10 bits per heavy atom. The van der Waals surface area contributed by atoms with E-state index < -0.39 is 0 Å². The molecule has 4 nitrogen and oxygen atoms in total. The number of anilines is 2. The van der Waals surface area contributed by atoms with Gasteiger partial charge in [0.25, 0.3) is 0 Å². The van der Waals surface area contributed by atoms with Crippen molar-refractivity contribution >= 4 is 29.7 Å². The maximum atomic E-state index is 14.0. The van der Waals surface area contributed by atoms with E-state index in [2.05, 4.69) is 15.1 Å². The van der Waals surface area contributed by atoms with E-state index in [1.54, 1.807) is 18.2 Å². The summed E-state index contributed by atoms with van der Waals surface area (Å²) < 4.78 is 27.5. The molecule has 2 unspecified atom stereocenters. The minimum atomic E-state index is -0.252. The Morgan fingerprint density at radius 2 is 1.83 bits per heavy atom. The fraction of sp³-hybridized carbons (Fsp3) is 0.435. The third-order valence-electron chi connectivity index (χ3n) is 6.02. The highest BCUT2D eigenvalue weighted by Gasteiger charge is 2.42. The number of hydrogen-bond donors (Lipinski definition) is 1. The molecule has 162 valence electrons. The molecule has 2 atom stereocenters. The first kappa shape index (κ1) is 22.5. The van der Waals surface area contributed by atoms with Gasteiger partial charge in [-0.05, 0) is 73.8 Å². The Bertz CT molecular complexity index is 877. The largest absolute Gasteiger partial charge is 0.356 e. The molecule has 2 aliphatic rings. The molecular formula is C23H28ClF2N3O. The minimum absolute atomic E-state index is 0. The molecule has 1 saturated heterocycles. The molecule has 2 heterocycles. The number of likely N-dealkylation sites (tertiary alicyclic amines) is 1. The number of hydrogen-bond acceptors (Lipinski definition) is 3. The fourth-order valence-electron chi connectivity index (χ4n) is 4.70. The number of benzene rings is 2. The van der Waals surface area contributed by atoms with Gasteiger partial charge >= 0.3 is 0 Å². The van der Waals surface area contributed by atoms with Gasteiger partial charge in [0.05, 0.1) is 0 Å². The molecule has 0 aliphatic carbocycles. The number of amides is 1. The van der Waals surface area contributed by atoms with Crippen LogP contribution in [0.15, 0.2) is 42.5 Å². The van der Waals surface area contributed by atoms with Crippen LogP contribution in [-0.4, -0.2) is 43.0 Å². The van der Waals surface area contributed by atoms with Crippen LogP contribution in [0.25, 0.3) is 0 Å². The number of nitrogens with one attached hydrogen (secondary N) is 1. The third-order valence-corrected chi connectivity index (χ3v) is 6.02. The monoisotopic (exact) mass is 435 g/mol. The van der Waals surface area contributed by atoms with Crippen molar-refractivity contribution in [2.24, 2.45) is 0 Å². The lowest BCUT2D eigenvalue weighted by Crippen LogP contribution is -2.45. The van der Waals surface area contributed by atoms with Crippen molar-refractivity contribution in [2.75, 3.05) is 31.1 Å². The maximum Gasteiger partial charge on any atom is 0.216 e. The molecular weight excluding hydrogens is 408 g/mol. The SMILES string of the molecule is CC(=O)NCCCCN1CCC2C(C1)c1cc(F)ccc1N2c1ccc(F)cc1.Cl. The summed E-state index contributed by atoms with van der Waals surface area (Å²) in [7, 11) is 0. The van der Waals surface area contributed by atoms with Crippen LogP contribution in [0.2, 0.25) is 0 Å². The lowest BCUT2D eigenvalue weighted by molar-refractivity contribution is -0.118. The Hall–Kier alpha value is -2.18. The van der Waals surface area contributed by atoms with Gasteiger partial charge in [0.1, 0.15) is 11.6 Å². The molecule has 4 rings (SSSR count). The predicted molar refractivity (Wildman–Crippen MR) is 118 cm³/mol. The van der Waals surface area contributed by atoms with Gasteiger partial charge in [0.2, 0.25) is 5.91 Å². The summed E-state index contributed by atoms with van der Waals surface area (Å²) in [6.07, 6.45) is 2.95. The van der Waals surface area contributed by atoms with Crippen molar-refractivity contribution < 1.29 is 13.6 Å². The van der Waals surface area contributed by atoms with Crippen molar-refractivity contribution in [3.05, 3.63) is 59.7 Å². The highest BCUT2D eigenvalue weighted by atomic mass is 35.5. The second-order valence-electron chi connectivity index (χ2n) is 8.00. The second kappa shape index (κ2) is 9.75. The van der Waals surface area contributed by atoms with Gasteiger partial charge in [0, 0.05) is 49.9 Å². The first-order chi connectivity index (χ1) is 14.0. The van der Waals surface area contributed by atoms with Crippen LogP contribution >= 0.6 is 12.4 Å². The summed E-state index contributed by atoms with van der Waals surface area (Å²) in [5.74, 6) is -0.222. The molecule has 0 spiro atoms. The van der Waals surface area contributed by atoms with E-state index in [1.807, 2.05) is 6.07 Å². The Balaban J connectivity index is 0.00000256. The predicted octanol–water partition coefficient (Wildman–Crippen LogP) is 4.61. The lowest BCUT2D eigenvalue weighted by atomic mass is 9.89. The zero-order valence-corrected chi connectivity index (χ0v) is 17.9. The van der Waals surface area contributed by atoms with Gasteiger partial charge in [-0.15, -0.1) is 12.4 Å². The van der Waals surface area contributed by atoms with Crippen LogP contribution in [0.4, 0.5) is 20.2 Å². The number of carbonyl (C=O) groups excluding carboxylic acids is 1. The van der Waals surface area contributed by atoms with Gasteiger partial charge < -0.3 is 15.1 Å². The second-order valence-corrected chi connectivity index (χ2v) is 8.00. The van der Waals surface area contributed by atoms with E-state index >= 15 is 0 Å². The van der Waals surface area contributed by atoms with Crippen LogP contribution in [0, 0.1) is 11.6 Å². The molecule has 1 N–H and O–H groups in total. The summed E-state index contributed by atoms with van der Waals surface area (Å²) in [6, 6.07) is 11.9. The third kappa shape index (κ3) is 4.76. The van der Waals surface area contributed by atoms with Gasteiger partial charge in [0.15, 0.2) is 0 Å². The molecule has 30 heavy (non-hydrogen) atoms. The summed E-state index contributed by atoms with van der Waals surface area (Å²) in [6.45, 7) is 5.09. The summed E-state index contributed by atoms with van der Waals surface area (Å²) in [5.41, 5.74) is 3.03. The Morgan fingerprint density at radius 3 is 2.57 bits per heavy atom. The molecule has 2 aromatic carbocycles. The first-order valence-electron chi connectivity index (χ1n) is 10.3. The number of halogens is 3. The zero-order chi connectivity index (χ0) is 20.4. The first-order valence-corrected chi connectivity index (χ1v) is 10.3. The minimum Gasteiger partial charge on any atom is -0.356 e. The molecule has 0 saturated carbocycles. The molecule has 0 aromatic heterocycles. The standard InChI is InChI=1S/C23H27F2N3O.ClH/c1-16(29)26-11-2-3-12-27-13-10-23-21(15-27)20-14-18(25)6-9-22(20)28(23)19-7-4-17(24)5-8-19;/h4-9,14,21,23H,2-3,10-13,15H2,1H3,(H,26,29);1H. The highest BCUT2D eigenvalue weighted by molar-refractivity contribution is 5.85.